The number of aryl methyl sites for hydroxylation is 1. The minimum atomic E-state index is 0.122. The third kappa shape index (κ3) is 2.51. The van der Waals surface area contributed by atoms with Crippen molar-refractivity contribution in [2.75, 3.05) is 11.4 Å². The largest absolute Gasteiger partial charge is 0.361 e. The van der Waals surface area contributed by atoms with Crippen LogP contribution in [0.25, 0.3) is 0 Å². The minimum Gasteiger partial charge on any atom is -0.361 e. The van der Waals surface area contributed by atoms with Gasteiger partial charge in [-0.05, 0) is 31.4 Å². The maximum atomic E-state index is 11.9. The quantitative estimate of drug-likeness (QED) is 0.797. The van der Waals surface area contributed by atoms with Gasteiger partial charge in [-0.3, -0.25) is 4.79 Å². The summed E-state index contributed by atoms with van der Waals surface area (Å²) in [6.45, 7) is 6.71. The molecule has 1 aliphatic rings. The van der Waals surface area contributed by atoms with Gasteiger partial charge in [0.1, 0.15) is 0 Å². The SMILES string of the molecule is CC(C)C(=O)CN1c2ccccc2CCC1C. The molecule has 2 heteroatoms. The van der Waals surface area contributed by atoms with E-state index in [0.29, 0.717) is 18.4 Å². The van der Waals surface area contributed by atoms with E-state index in [1.54, 1.807) is 0 Å². The Kier molecular flexibility index (Phi) is 3.51. The van der Waals surface area contributed by atoms with E-state index in [4.69, 9.17) is 0 Å². The number of benzene rings is 1. The van der Waals surface area contributed by atoms with Crippen LogP contribution in [0.1, 0.15) is 32.8 Å². The summed E-state index contributed by atoms with van der Waals surface area (Å²) >= 11 is 0. The first-order valence-corrected chi connectivity index (χ1v) is 6.47. The Morgan fingerprint density at radius 3 is 2.82 bits per heavy atom. The summed E-state index contributed by atoms with van der Waals surface area (Å²) < 4.78 is 0. The number of carbonyl (C=O) groups excluding carboxylic acids is 1. The highest BCUT2D eigenvalue weighted by Crippen LogP contribution is 2.30. The molecule has 17 heavy (non-hydrogen) atoms. The molecule has 1 aromatic carbocycles. The van der Waals surface area contributed by atoms with E-state index in [2.05, 4.69) is 36.1 Å². The number of Topliss-reactive ketones (excluding diaryl/α,β-unsaturated/α-hetero) is 1. The molecule has 0 fully saturated rings. The molecular formula is C15H21NO. The van der Waals surface area contributed by atoms with Gasteiger partial charge < -0.3 is 4.90 Å². The average Bonchev–Trinajstić information content (AvgIpc) is 2.32. The van der Waals surface area contributed by atoms with Gasteiger partial charge in [0, 0.05) is 17.6 Å². The number of rotatable bonds is 3. The van der Waals surface area contributed by atoms with Gasteiger partial charge in [-0.15, -0.1) is 0 Å². The molecule has 0 aromatic heterocycles. The minimum absolute atomic E-state index is 0.122. The van der Waals surface area contributed by atoms with Crippen LogP contribution in [0, 0.1) is 5.92 Å². The molecule has 0 N–H and O–H groups in total. The van der Waals surface area contributed by atoms with Crippen molar-refractivity contribution in [3.8, 4) is 0 Å². The average molecular weight is 231 g/mol. The summed E-state index contributed by atoms with van der Waals surface area (Å²) in [5.41, 5.74) is 2.63. The fourth-order valence-corrected chi connectivity index (χ4v) is 2.35. The normalized spacial score (nSPS) is 19.3. The predicted octanol–water partition coefficient (Wildman–Crippen LogP) is 3.05. The lowest BCUT2D eigenvalue weighted by molar-refractivity contribution is -0.120. The van der Waals surface area contributed by atoms with Crippen molar-refractivity contribution in [2.24, 2.45) is 5.92 Å². The van der Waals surface area contributed by atoms with Crippen LogP contribution in [0.4, 0.5) is 5.69 Å². The molecule has 0 saturated carbocycles. The Morgan fingerprint density at radius 2 is 2.12 bits per heavy atom. The highest BCUT2D eigenvalue weighted by Gasteiger charge is 2.24. The van der Waals surface area contributed by atoms with E-state index in [-0.39, 0.29) is 5.92 Å². The van der Waals surface area contributed by atoms with Crippen molar-refractivity contribution in [3.63, 3.8) is 0 Å². The molecule has 0 aliphatic carbocycles. The van der Waals surface area contributed by atoms with Crippen LogP contribution < -0.4 is 4.90 Å². The zero-order valence-electron chi connectivity index (χ0n) is 10.9. The second-order valence-corrected chi connectivity index (χ2v) is 5.27. The summed E-state index contributed by atoms with van der Waals surface area (Å²) in [7, 11) is 0. The molecule has 1 aliphatic heterocycles. The second-order valence-electron chi connectivity index (χ2n) is 5.27. The zero-order valence-corrected chi connectivity index (χ0v) is 10.9. The van der Waals surface area contributed by atoms with Crippen molar-refractivity contribution < 1.29 is 4.79 Å². The Bertz CT molecular complexity index is 411. The van der Waals surface area contributed by atoms with Gasteiger partial charge in [0.05, 0.1) is 6.54 Å². The Labute approximate surface area is 104 Å². The van der Waals surface area contributed by atoms with Gasteiger partial charge in [0.2, 0.25) is 0 Å². The van der Waals surface area contributed by atoms with E-state index in [9.17, 15) is 4.79 Å². The molecule has 0 amide bonds. The first kappa shape index (κ1) is 12.2. The topological polar surface area (TPSA) is 20.3 Å². The fraction of sp³-hybridized carbons (Fsp3) is 0.533. The molecule has 0 bridgehead atoms. The van der Waals surface area contributed by atoms with E-state index in [0.717, 1.165) is 12.8 Å². The molecule has 0 radical (unpaired) electrons. The van der Waals surface area contributed by atoms with Crippen LogP contribution in [-0.4, -0.2) is 18.4 Å². The van der Waals surface area contributed by atoms with Gasteiger partial charge in [-0.2, -0.15) is 0 Å². The Morgan fingerprint density at radius 1 is 1.41 bits per heavy atom. The molecule has 1 heterocycles. The van der Waals surface area contributed by atoms with E-state index >= 15 is 0 Å². The van der Waals surface area contributed by atoms with Crippen molar-refractivity contribution in [2.45, 2.75) is 39.7 Å². The standard InChI is InChI=1S/C15H21NO/c1-11(2)15(17)10-16-12(3)8-9-13-6-4-5-7-14(13)16/h4-7,11-12H,8-10H2,1-3H3. The number of fused-ring (bicyclic) bond motifs is 1. The van der Waals surface area contributed by atoms with Crippen molar-refractivity contribution in [3.05, 3.63) is 29.8 Å². The molecule has 0 spiro atoms. The van der Waals surface area contributed by atoms with Crippen LogP contribution in [-0.2, 0) is 11.2 Å². The molecule has 92 valence electrons. The number of nitrogens with zero attached hydrogens (tertiary/aromatic N) is 1. The van der Waals surface area contributed by atoms with Crippen LogP contribution in [0.2, 0.25) is 0 Å². The summed E-state index contributed by atoms with van der Waals surface area (Å²) in [5, 5.41) is 0. The van der Waals surface area contributed by atoms with E-state index in [1.807, 2.05) is 13.8 Å². The number of ketones is 1. The summed E-state index contributed by atoms with van der Waals surface area (Å²) in [5.74, 6) is 0.449. The van der Waals surface area contributed by atoms with Gasteiger partial charge >= 0.3 is 0 Å². The zero-order chi connectivity index (χ0) is 12.4. The van der Waals surface area contributed by atoms with Gasteiger partial charge in [-0.25, -0.2) is 0 Å². The maximum Gasteiger partial charge on any atom is 0.154 e. The number of carbonyl (C=O) groups is 1. The first-order chi connectivity index (χ1) is 8.09. The smallest absolute Gasteiger partial charge is 0.154 e. The molecule has 2 rings (SSSR count). The summed E-state index contributed by atoms with van der Waals surface area (Å²) in [6.07, 6.45) is 2.27. The monoisotopic (exact) mass is 231 g/mol. The van der Waals surface area contributed by atoms with Crippen LogP contribution in [0.15, 0.2) is 24.3 Å². The summed E-state index contributed by atoms with van der Waals surface area (Å²) in [6, 6.07) is 8.92. The molecule has 1 aromatic rings. The van der Waals surface area contributed by atoms with Crippen LogP contribution in [0.5, 0.6) is 0 Å². The van der Waals surface area contributed by atoms with Crippen LogP contribution >= 0.6 is 0 Å². The molecule has 1 unspecified atom stereocenters. The van der Waals surface area contributed by atoms with Gasteiger partial charge in [0.15, 0.2) is 5.78 Å². The lowest BCUT2D eigenvalue weighted by Crippen LogP contribution is -2.41. The second kappa shape index (κ2) is 4.91. The maximum absolute atomic E-state index is 11.9. The van der Waals surface area contributed by atoms with Gasteiger partial charge in [-0.1, -0.05) is 32.0 Å². The molecule has 1 atom stereocenters. The first-order valence-electron chi connectivity index (χ1n) is 6.47. The molecular weight excluding hydrogens is 210 g/mol. The number of hydrogen-bond donors (Lipinski definition) is 0. The van der Waals surface area contributed by atoms with Crippen LogP contribution in [0.3, 0.4) is 0 Å². The lowest BCUT2D eigenvalue weighted by Gasteiger charge is -2.37. The highest BCUT2D eigenvalue weighted by atomic mass is 16.1. The third-order valence-electron chi connectivity index (χ3n) is 3.63. The Balaban J connectivity index is 2.24. The fourth-order valence-electron chi connectivity index (χ4n) is 2.35. The van der Waals surface area contributed by atoms with Crippen molar-refractivity contribution in [1.82, 2.24) is 0 Å². The van der Waals surface area contributed by atoms with Crippen molar-refractivity contribution in [1.29, 1.82) is 0 Å². The number of hydrogen-bond acceptors (Lipinski definition) is 2. The number of anilines is 1. The number of para-hydroxylation sites is 1. The summed E-state index contributed by atoms with van der Waals surface area (Å²) in [4.78, 5) is 14.2. The lowest BCUT2D eigenvalue weighted by atomic mass is 9.95. The third-order valence-corrected chi connectivity index (χ3v) is 3.63. The highest BCUT2D eigenvalue weighted by molar-refractivity contribution is 5.85. The Hall–Kier alpha value is -1.31. The molecule has 2 nitrogen and oxygen atoms in total. The van der Waals surface area contributed by atoms with E-state index in [1.165, 1.54) is 11.3 Å². The van der Waals surface area contributed by atoms with Gasteiger partial charge in [0.25, 0.3) is 0 Å². The van der Waals surface area contributed by atoms with E-state index < -0.39 is 0 Å². The van der Waals surface area contributed by atoms with Crippen molar-refractivity contribution >= 4 is 11.5 Å². The predicted molar refractivity (Wildman–Crippen MR) is 71.4 cm³/mol. The molecule has 0 saturated heterocycles.